The molecule has 0 aliphatic rings. The summed E-state index contributed by atoms with van der Waals surface area (Å²) in [5, 5.41) is 6.13. The number of amides is 1. The third-order valence-corrected chi connectivity index (χ3v) is 4.07. The van der Waals surface area contributed by atoms with Crippen LogP contribution in [0.4, 0.5) is 12.7 Å². The van der Waals surface area contributed by atoms with Crippen LogP contribution in [0.1, 0.15) is 16.1 Å². The zero-order valence-corrected chi connectivity index (χ0v) is 15.2. The quantitative estimate of drug-likeness (QED) is 0.559. The van der Waals surface area contributed by atoms with E-state index in [1.54, 1.807) is 0 Å². The maximum absolute atomic E-state index is 14.3. The maximum Gasteiger partial charge on any atom is 0.488 e. The lowest BCUT2D eigenvalue weighted by atomic mass is 10.1. The van der Waals surface area contributed by atoms with Crippen molar-refractivity contribution in [1.82, 2.24) is 10.2 Å². The highest BCUT2D eigenvalue weighted by Gasteiger charge is 2.16. The molecular formula is C17H12F3N3O5S. The van der Waals surface area contributed by atoms with Gasteiger partial charge in [-0.05, 0) is 42.5 Å². The second kappa shape index (κ2) is 7.83. The molecule has 0 atom stereocenters. The summed E-state index contributed by atoms with van der Waals surface area (Å²) < 4.78 is 71.2. The molecule has 3 rings (SSSR count). The van der Waals surface area contributed by atoms with E-state index in [0.717, 1.165) is 24.3 Å². The number of aromatic nitrogens is 2. The van der Waals surface area contributed by atoms with Gasteiger partial charge in [0.15, 0.2) is 0 Å². The highest BCUT2D eigenvalue weighted by molar-refractivity contribution is 7.81. The van der Waals surface area contributed by atoms with E-state index in [4.69, 9.17) is 10.5 Å². The van der Waals surface area contributed by atoms with Crippen molar-refractivity contribution in [3.8, 4) is 22.8 Å². The van der Waals surface area contributed by atoms with Gasteiger partial charge in [0, 0.05) is 5.56 Å². The molecule has 3 aromatic rings. The van der Waals surface area contributed by atoms with Gasteiger partial charge < -0.3 is 14.7 Å². The molecule has 0 saturated heterocycles. The van der Waals surface area contributed by atoms with Gasteiger partial charge in [0.05, 0.1) is 11.3 Å². The van der Waals surface area contributed by atoms with E-state index < -0.39 is 34.7 Å². The molecule has 8 nitrogen and oxygen atoms in total. The standard InChI is InChI=1S/C17H12F3N3O5S/c18-13-5-9(15-7-16(17(21)24)23-22-15)6-14(19)12(13)8-27-10-1-3-11(4-2-10)28-29(20,25)26/h1-7H,8H2,(H2,21,24)(H,22,23). The van der Waals surface area contributed by atoms with Crippen LogP contribution in [-0.2, 0) is 17.1 Å². The number of benzene rings is 2. The first kappa shape index (κ1) is 20.2. The molecular weight excluding hydrogens is 415 g/mol. The Balaban J connectivity index is 1.73. The minimum atomic E-state index is -5.16. The van der Waals surface area contributed by atoms with Crippen molar-refractivity contribution in [3.05, 3.63) is 65.4 Å². The Kier molecular flexibility index (Phi) is 5.46. The Morgan fingerprint density at radius 3 is 2.17 bits per heavy atom. The molecule has 0 aliphatic heterocycles. The molecule has 29 heavy (non-hydrogen) atoms. The minimum absolute atomic E-state index is 0.0128. The summed E-state index contributed by atoms with van der Waals surface area (Å²) >= 11 is 0. The van der Waals surface area contributed by atoms with Crippen molar-refractivity contribution in [2.45, 2.75) is 6.61 Å². The molecule has 0 radical (unpaired) electrons. The Hall–Kier alpha value is -3.54. The van der Waals surface area contributed by atoms with Gasteiger partial charge in [-0.2, -0.15) is 13.5 Å². The monoisotopic (exact) mass is 427 g/mol. The molecule has 0 bridgehead atoms. The number of nitrogens with one attached hydrogen (secondary N) is 1. The van der Waals surface area contributed by atoms with Gasteiger partial charge in [-0.15, -0.1) is 0 Å². The fourth-order valence-corrected chi connectivity index (χ4v) is 2.69. The molecule has 0 saturated carbocycles. The Bertz CT molecular complexity index is 1140. The summed E-state index contributed by atoms with van der Waals surface area (Å²) in [6.45, 7) is -0.480. The Morgan fingerprint density at radius 2 is 1.66 bits per heavy atom. The summed E-state index contributed by atoms with van der Waals surface area (Å²) in [6, 6.07) is 7.98. The van der Waals surface area contributed by atoms with Crippen LogP contribution in [0.25, 0.3) is 11.3 Å². The summed E-state index contributed by atoms with van der Waals surface area (Å²) in [4.78, 5) is 11.1. The third-order valence-electron chi connectivity index (χ3n) is 3.68. The zero-order valence-electron chi connectivity index (χ0n) is 14.4. The number of primary amides is 1. The number of nitrogens with two attached hydrogens (primary N) is 1. The van der Waals surface area contributed by atoms with E-state index in [-0.39, 0.29) is 34.0 Å². The van der Waals surface area contributed by atoms with Crippen molar-refractivity contribution in [2.24, 2.45) is 5.73 Å². The minimum Gasteiger partial charge on any atom is -0.489 e. The Labute approximate surface area is 162 Å². The van der Waals surface area contributed by atoms with Crippen LogP contribution in [-0.4, -0.2) is 24.5 Å². The highest BCUT2D eigenvalue weighted by atomic mass is 32.3. The van der Waals surface area contributed by atoms with Crippen molar-refractivity contribution >= 4 is 16.4 Å². The third kappa shape index (κ3) is 5.04. The van der Waals surface area contributed by atoms with Crippen LogP contribution in [0.5, 0.6) is 11.5 Å². The average Bonchev–Trinajstić information content (AvgIpc) is 3.11. The number of carbonyl (C=O) groups is 1. The van der Waals surface area contributed by atoms with Gasteiger partial charge in [0.25, 0.3) is 5.91 Å². The van der Waals surface area contributed by atoms with Gasteiger partial charge in [0.2, 0.25) is 0 Å². The molecule has 1 aromatic heterocycles. The number of hydrogen-bond acceptors (Lipinski definition) is 6. The van der Waals surface area contributed by atoms with Gasteiger partial charge >= 0.3 is 10.5 Å². The van der Waals surface area contributed by atoms with Crippen molar-refractivity contribution in [1.29, 1.82) is 0 Å². The Morgan fingerprint density at radius 1 is 1.07 bits per heavy atom. The smallest absolute Gasteiger partial charge is 0.488 e. The number of halogens is 3. The molecule has 1 heterocycles. The molecule has 0 spiro atoms. The fraction of sp³-hybridized carbons (Fsp3) is 0.0588. The van der Waals surface area contributed by atoms with Gasteiger partial charge in [-0.1, -0.05) is 3.89 Å². The van der Waals surface area contributed by atoms with E-state index in [1.165, 1.54) is 18.2 Å². The zero-order chi connectivity index (χ0) is 21.2. The number of carbonyl (C=O) groups excluding carboxylic acids is 1. The predicted octanol–water partition coefficient (Wildman–Crippen LogP) is 2.63. The number of aromatic amines is 1. The largest absolute Gasteiger partial charge is 0.489 e. The number of hydrogen-bond donors (Lipinski definition) is 2. The van der Waals surface area contributed by atoms with Crippen LogP contribution >= 0.6 is 0 Å². The van der Waals surface area contributed by atoms with E-state index >= 15 is 0 Å². The average molecular weight is 427 g/mol. The lowest BCUT2D eigenvalue weighted by Gasteiger charge is -2.10. The van der Waals surface area contributed by atoms with Crippen molar-refractivity contribution in [2.75, 3.05) is 0 Å². The molecule has 0 aliphatic carbocycles. The predicted molar refractivity (Wildman–Crippen MR) is 93.9 cm³/mol. The van der Waals surface area contributed by atoms with Crippen LogP contribution < -0.4 is 14.7 Å². The summed E-state index contributed by atoms with van der Waals surface area (Å²) in [7, 11) is -5.16. The molecule has 152 valence electrons. The first-order valence-corrected chi connectivity index (χ1v) is 9.13. The van der Waals surface area contributed by atoms with E-state index in [2.05, 4.69) is 14.4 Å². The van der Waals surface area contributed by atoms with E-state index in [0.29, 0.717) is 0 Å². The molecule has 0 unspecified atom stereocenters. The maximum atomic E-state index is 14.3. The molecule has 3 N–H and O–H groups in total. The molecule has 12 heteroatoms. The topological polar surface area (TPSA) is 124 Å². The lowest BCUT2D eigenvalue weighted by molar-refractivity contribution is 0.0995. The molecule has 0 fully saturated rings. The van der Waals surface area contributed by atoms with Crippen LogP contribution in [0.2, 0.25) is 0 Å². The lowest BCUT2D eigenvalue weighted by Crippen LogP contribution is -2.10. The SMILES string of the molecule is NC(=O)c1cc(-c2cc(F)c(COc3ccc(OS(=O)(=O)F)cc3)c(F)c2)n[nH]1. The fourth-order valence-electron chi connectivity index (χ4n) is 2.35. The first-order valence-electron chi connectivity index (χ1n) is 7.83. The second-order valence-electron chi connectivity index (χ2n) is 5.69. The van der Waals surface area contributed by atoms with Crippen LogP contribution in [0.15, 0.2) is 42.5 Å². The van der Waals surface area contributed by atoms with Crippen molar-refractivity contribution in [3.63, 3.8) is 0 Å². The normalized spacial score (nSPS) is 11.3. The van der Waals surface area contributed by atoms with E-state index in [1.807, 2.05) is 0 Å². The molecule has 1 amide bonds. The summed E-state index contributed by atoms with van der Waals surface area (Å²) in [6.07, 6.45) is 0. The molecule has 2 aromatic carbocycles. The van der Waals surface area contributed by atoms with Gasteiger partial charge in [-0.3, -0.25) is 9.89 Å². The van der Waals surface area contributed by atoms with Gasteiger partial charge in [0.1, 0.15) is 35.4 Å². The number of rotatable bonds is 7. The van der Waals surface area contributed by atoms with Crippen molar-refractivity contribution < 1.29 is 34.8 Å². The second-order valence-corrected chi connectivity index (χ2v) is 6.64. The van der Waals surface area contributed by atoms with E-state index in [9.17, 15) is 25.9 Å². The van der Waals surface area contributed by atoms with Crippen LogP contribution in [0.3, 0.4) is 0 Å². The number of nitrogens with zero attached hydrogens (tertiary/aromatic N) is 1. The first-order chi connectivity index (χ1) is 13.6. The number of H-pyrrole nitrogens is 1. The van der Waals surface area contributed by atoms with Crippen LogP contribution in [0, 0.1) is 11.6 Å². The number of ether oxygens (including phenoxy) is 1. The van der Waals surface area contributed by atoms with Gasteiger partial charge in [-0.25, -0.2) is 8.78 Å². The summed E-state index contributed by atoms with van der Waals surface area (Å²) in [5.74, 6) is -2.75. The summed E-state index contributed by atoms with van der Waals surface area (Å²) in [5.41, 5.74) is 4.92. The highest BCUT2D eigenvalue weighted by Crippen LogP contribution is 2.25.